The lowest BCUT2D eigenvalue weighted by molar-refractivity contribution is 1.13. The summed E-state index contributed by atoms with van der Waals surface area (Å²) in [5.41, 5.74) is 2.23. The SMILES string of the molecule is BrCc1ncc(-c2ccccc2)[nH]1. The maximum atomic E-state index is 4.21. The smallest absolute Gasteiger partial charge is 0.117 e. The lowest BCUT2D eigenvalue weighted by Crippen LogP contribution is -1.79. The van der Waals surface area contributed by atoms with Crippen molar-refractivity contribution in [3.63, 3.8) is 0 Å². The molecule has 2 nitrogen and oxygen atoms in total. The Labute approximate surface area is 85.1 Å². The van der Waals surface area contributed by atoms with Gasteiger partial charge in [0.15, 0.2) is 0 Å². The van der Waals surface area contributed by atoms with Crippen molar-refractivity contribution in [1.82, 2.24) is 9.97 Å². The summed E-state index contributed by atoms with van der Waals surface area (Å²) < 4.78 is 0. The molecule has 66 valence electrons. The van der Waals surface area contributed by atoms with E-state index in [1.54, 1.807) is 0 Å². The highest BCUT2D eigenvalue weighted by molar-refractivity contribution is 9.08. The van der Waals surface area contributed by atoms with Crippen molar-refractivity contribution in [2.45, 2.75) is 5.33 Å². The van der Waals surface area contributed by atoms with E-state index in [2.05, 4.69) is 38.0 Å². The molecule has 0 aliphatic carbocycles. The Morgan fingerprint density at radius 1 is 1.23 bits per heavy atom. The van der Waals surface area contributed by atoms with Gasteiger partial charge in [-0.3, -0.25) is 0 Å². The molecule has 2 aromatic rings. The first-order valence-electron chi connectivity index (χ1n) is 4.05. The monoisotopic (exact) mass is 236 g/mol. The van der Waals surface area contributed by atoms with Gasteiger partial charge in [0.05, 0.1) is 17.2 Å². The fourth-order valence-corrected chi connectivity index (χ4v) is 1.48. The van der Waals surface area contributed by atoms with E-state index in [1.165, 1.54) is 5.56 Å². The van der Waals surface area contributed by atoms with Gasteiger partial charge in [0, 0.05) is 0 Å². The first-order chi connectivity index (χ1) is 6.40. The molecule has 0 bridgehead atoms. The predicted octanol–water partition coefficient (Wildman–Crippen LogP) is 2.97. The van der Waals surface area contributed by atoms with Gasteiger partial charge in [-0.1, -0.05) is 46.3 Å². The molecule has 0 saturated heterocycles. The molecule has 0 spiro atoms. The van der Waals surface area contributed by atoms with E-state index in [-0.39, 0.29) is 0 Å². The number of halogens is 1. The van der Waals surface area contributed by atoms with Crippen LogP contribution in [0.3, 0.4) is 0 Å². The Balaban J connectivity index is 2.36. The number of hydrogen-bond donors (Lipinski definition) is 1. The maximum absolute atomic E-state index is 4.21. The summed E-state index contributed by atoms with van der Waals surface area (Å²) in [6.45, 7) is 0. The van der Waals surface area contributed by atoms with E-state index < -0.39 is 0 Å². The zero-order valence-electron chi connectivity index (χ0n) is 7.00. The minimum atomic E-state index is 0.764. The summed E-state index contributed by atoms with van der Waals surface area (Å²) >= 11 is 3.35. The molecule has 0 fully saturated rings. The number of hydrogen-bond acceptors (Lipinski definition) is 1. The molecule has 0 saturated carbocycles. The Morgan fingerprint density at radius 3 is 2.62 bits per heavy atom. The molecule has 13 heavy (non-hydrogen) atoms. The second-order valence-corrected chi connectivity index (χ2v) is 3.30. The summed E-state index contributed by atoms with van der Waals surface area (Å²) in [6, 6.07) is 10.2. The van der Waals surface area contributed by atoms with Crippen molar-refractivity contribution >= 4 is 15.9 Å². The highest BCUT2D eigenvalue weighted by Gasteiger charge is 2.00. The van der Waals surface area contributed by atoms with E-state index in [9.17, 15) is 0 Å². The lowest BCUT2D eigenvalue weighted by atomic mass is 10.2. The van der Waals surface area contributed by atoms with Gasteiger partial charge in [-0.25, -0.2) is 4.98 Å². The van der Waals surface area contributed by atoms with Crippen LogP contribution in [0.2, 0.25) is 0 Å². The second-order valence-electron chi connectivity index (χ2n) is 2.74. The molecule has 0 aliphatic heterocycles. The average molecular weight is 237 g/mol. The summed E-state index contributed by atoms with van der Waals surface area (Å²) in [4.78, 5) is 7.43. The highest BCUT2D eigenvalue weighted by Crippen LogP contribution is 2.16. The van der Waals surface area contributed by atoms with Crippen molar-refractivity contribution in [3.8, 4) is 11.3 Å². The molecular formula is C10H9BrN2. The number of nitrogens with zero attached hydrogens (tertiary/aromatic N) is 1. The number of rotatable bonds is 2. The number of alkyl halides is 1. The van der Waals surface area contributed by atoms with Crippen LogP contribution in [-0.4, -0.2) is 9.97 Å². The zero-order valence-corrected chi connectivity index (χ0v) is 8.58. The van der Waals surface area contributed by atoms with E-state index in [0.29, 0.717) is 0 Å². The van der Waals surface area contributed by atoms with Crippen LogP contribution >= 0.6 is 15.9 Å². The number of aromatic amines is 1. The van der Waals surface area contributed by atoms with Crippen molar-refractivity contribution in [3.05, 3.63) is 42.4 Å². The van der Waals surface area contributed by atoms with Crippen molar-refractivity contribution in [2.24, 2.45) is 0 Å². The molecule has 1 aromatic carbocycles. The number of nitrogens with one attached hydrogen (secondary N) is 1. The summed E-state index contributed by atoms with van der Waals surface area (Å²) in [7, 11) is 0. The fraction of sp³-hybridized carbons (Fsp3) is 0.100. The molecular weight excluding hydrogens is 228 g/mol. The molecule has 1 N–H and O–H groups in total. The highest BCUT2D eigenvalue weighted by atomic mass is 79.9. The van der Waals surface area contributed by atoms with Gasteiger partial charge in [0.25, 0.3) is 0 Å². The largest absolute Gasteiger partial charge is 0.341 e. The molecule has 0 radical (unpaired) electrons. The van der Waals surface area contributed by atoms with E-state index in [0.717, 1.165) is 16.8 Å². The number of imidazole rings is 1. The average Bonchev–Trinajstić information content (AvgIpc) is 2.67. The Bertz CT molecular complexity index is 381. The first-order valence-corrected chi connectivity index (χ1v) is 5.17. The van der Waals surface area contributed by atoms with Crippen LogP contribution in [0, 0.1) is 0 Å². The van der Waals surface area contributed by atoms with Gasteiger partial charge < -0.3 is 4.98 Å². The standard InChI is InChI=1S/C10H9BrN2/c11-6-10-12-7-9(13-10)8-4-2-1-3-5-8/h1-5,7H,6H2,(H,12,13). The summed E-state index contributed by atoms with van der Waals surface area (Å²) in [5, 5.41) is 0.764. The first kappa shape index (κ1) is 8.51. The van der Waals surface area contributed by atoms with Crippen LogP contribution in [0.25, 0.3) is 11.3 Å². The van der Waals surface area contributed by atoms with E-state index in [1.807, 2.05) is 24.4 Å². The molecule has 1 heterocycles. The van der Waals surface area contributed by atoms with Crippen LogP contribution in [0.1, 0.15) is 5.82 Å². The molecule has 0 unspecified atom stereocenters. The fourth-order valence-electron chi connectivity index (χ4n) is 1.19. The third-order valence-electron chi connectivity index (χ3n) is 1.84. The third kappa shape index (κ3) is 1.80. The zero-order chi connectivity index (χ0) is 9.10. The third-order valence-corrected chi connectivity index (χ3v) is 2.37. The van der Waals surface area contributed by atoms with Gasteiger partial charge in [-0.05, 0) is 5.56 Å². The van der Waals surface area contributed by atoms with Crippen LogP contribution < -0.4 is 0 Å². The Kier molecular flexibility index (Phi) is 2.45. The van der Waals surface area contributed by atoms with Gasteiger partial charge in [-0.2, -0.15) is 0 Å². The quantitative estimate of drug-likeness (QED) is 0.799. The van der Waals surface area contributed by atoms with Crippen LogP contribution in [0.4, 0.5) is 0 Å². The molecule has 2 rings (SSSR count). The van der Waals surface area contributed by atoms with Gasteiger partial charge in [0.2, 0.25) is 0 Å². The van der Waals surface area contributed by atoms with Crippen molar-refractivity contribution in [1.29, 1.82) is 0 Å². The number of H-pyrrole nitrogens is 1. The van der Waals surface area contributed by atoms with Crippen LogP contribution in [0.5, 0.6) is 0 Å². The molecule has 0 atom stereocenters. The molecule has 3 heteroatoms. The van der Waals surface area contributed by atoms with Gasteiger partial charge in [0.1, 0.15) is 5.82 Å². The minimum absolute atomic E-state index is 0.764. The van der Waals surface area contributed by atoms with Crippen molar-refractivity contribution < 1.29 is 0 Å². The normalized spacial score (nSPS) is 10.2. The second kappa shape index (κ2) is 3.75. The van der Waals surface area contributed by atoms with Gasteiger partial charge in [-0.15, -0.1) is 0 Å². The minimum Gasteiger partial charge on any atom is -0.341 e. The van der Waals surface area contributed by atoms with E-state index >= 15 is 0 Å². The van der Waals surface area contributed by atoms with Gasteiger partial charge >= 0.3 is 0 Å². The predicted molar refractivity (Wildman–Crippen MR) is 56.7 cm³/mol. The van der Waals surface area contributed by atoms with E-state index in [4.69, 9.17) is 0 Å². The topological polar surface area (TPSA) is 28.7 Å². The lowest BCUT2D eigenvalue weighted by Gasteiger charge is -1.94. The Hall–Kier alpha value is -1.09. The molecule has 1 aromatic heterocycles. The maximum Gasteiger partial charge on any atom is 0.117 e. The van der Waals surface area contributed by atoms with Crippen LogP contribution in [0.15, 0.2) is 36.5 Å². The molecule has 0 amide bonds. The number of benzene rings is 1. The van der Waals surface area contributed by atoms with Crippen LogP contribution in [-0.2, 0) is 5.33 Å². The molecule has 0 aliphatic rings. The summed E-state index contributed by atoms with van der Waals surface area (Å²) in [6.07, 6.45) is 1.85. The Morgan fingerprint density at radius 2 is 2.00 bits per heavy atom. The number of aromatic nitrogens is 2. The summed E-state index contributed by atoms with van der Waals surface area (Å²) in [5.74, 6) is 0.957. The van der Waals surface area contributed by atoms with Crippen molar-refractivity contribution in [2.75, 3.05) is 0 Å².